The summed E-state index contributed by atoms with van der Waals surface area (Å²) >= 11 is 15.5. The third-order valence-corrected chi connectivity index (χ3v) is 4.29. The van der Waals surface area contributed by atoms with E-state index in [-0.39, 0.29) is 6.04 Å². The van der Waals surface area contributed by atoms with Gasteiger partial charge in [0, 0.05) is 4.47 Å². The molecule has 0 aliphatic heterocycles. The number of halogens is 3. The smallest absolute Gasteiger partial charge is 0.0595 e. The molecule has 1 atom stereocenters. The first-order valence-electron chi connectivity index (χ1n) is 6.16. The number of benzene rings is 2. The Hall–Kier alpha value is -0.580. The fourth-order valence-electron chi connectivity index (χ4n) is 2.14. The molecule has 0 amide bonds. The average molecular weight is 374 g/mol. The van der Waals surface area contributed by atoms with E-state index in [4.69, 9.17) is 29.0 Å². The van der Waals surface area contributed by atoms with Gasteiger partial charge < -0.3 is 0 Å². The molecule has 106 valence electrons. The molecule has 1 unspecified atom stereocenters. The SMILES string of the molecule is Cc1cc(Br)cc(C(Cc2ccc(Cl)c(Cl)c2)NN)c1. The third-order valence-electron chi connectivity index (χ3n) is 3.09. The van der Waals surface area contributed by atoms with Crippen molar-refractivity contribution in [2.75, 3.05) is 0 Å². The Morgan fingerprint density at radius 3 is 2.50 bits per heavy atom. The molecule has 0 aliphatic rings. The molecule has 2 aromatic rings. The molecule has 0 aromatic heterocycles. The van der Waals surface area contributed by atoms with Gasteiger partial charge in [0.25, 0.3) is 0 Å². The second-order valence-electron chi connectivity index (χ2n) is 4.73. The van der Waals surface area contributed by atoms with Crippen LogP contribution in [0.25, 0.3) is 0 Å². The van der Waals surface area contributed by atoms with Crippen LogP contribution >= 0.6 is 39.1 Å². The zero-order valence-corrected chi connectivity index (χ0v) is 14.1. The Balaban J connectivity index is 2.26. The summed E-state index contributed by atoms with van der Waals surface area (Å²) in [4.78, 5) is 0. The van der Waals surface area contributed by atoms with E-state index in [2.05, 4.69) is 46.5 Å². The molecule has 0 radical (unpaired) electrons. The molecule has 0 bridgehead atoms. The average Bonchev–Trinajstić information content (AvgIpc) is 2.38. The maximum atomic E-state index is 6.05. The molecule has 2 rings (SSSR count). The number of hydrazine groups is 1. The summed E-state index contributed by atoms with van der Waals surface area (Å²) in [6.45, 7) is 2.06. The number of aryl methyl sites for hydroxylation is 1. The van der Waals surface area contributed by atoms with Crippen LogP contribution in [-0.4, -0.2) is 0 Å². The maximum absolute atomic E-state index is 6.05. The van der Waals surface area contributed by atoms with Gasteiger partial charge in [-0.1, -0.05) is 51.3 Å². The van der Waals surface area contributed by atoms with Crippen LogP contribution in [0.4, 0.5) is 0 Å². The Morgan fingerprint density at radius 1 is 1.15 bits per heavy atom. The summed E-state index contributed by atoms with van der Waals surface area (Å²) < 4.78 is 1.04. The van der Waals surface area contributed by atoms with Gasteiger partial charge in [0.2, 0.25) is 0 Å². The topological polar surface area (TPSA) is 38.0 Å². The highest BCUT2D eigenvalue weighted by Gasteiger charge is 2.12. The van der Waals surface area contributed by atoms with Gasteiger partial charge in [-0.05, 0) is 54.3 Å². The van der Waals surface area contributed by atoms with Crippen molar-refractivity contribution in [2.24, 2.45) is 5.84 Å². The lowest BCUT2D eigenvalue weighted by atomic mass is 9.98. The minimum atomic E-state index is 0.0171. The van der Waals surface area contributed by atoms with Crippen LogP contribution in [0.2, 0.25) is 10.0 Å². The number of nitrogens with one attached hydrogen (secondary N) is 1. The molecule has 0 saturated carbocycles. The van der Waals surface area contributed by atoms with Gasteiger partial charge in [0.1, 0.15) is 0 Å². The molecule has 20 heavy (non-hydrogen) atoms. The van der Waals surface area contributed by atoms with Gasteiger partial charge >= 0.3 is 0 Å². The molecule has 5 heteroatoms. The van der Waals surface area contributed by atoms with Crippen LogP contribution < -0.4 is 11.3 Å². The molecule has 3 N–H and O–H groups in total. The first-order valence-corrected chi connectivity index (χ1v) is 7.71. The number of hydrogen-bond acceptors (Lipinski definition) is 2. The van der Waals surface area contributed by atoms with Gasteiger partial charge in [0.15, 0.2) is 0 Å². The summed E-state index contributed by atoms with van der Waals surface area (Å²) in [5, 5.41) is 1.12. The van der Waals surface area contributed by atoms with Crippen molar-refractivity contribution in [3.8, 4) is 0 Å². The molecule has 0 fully saturated rings. The van der Waals surface area contributed by atoms with E-state index in [1.165, 1.54) is 5.56 Å². The van der Waals surface area contributed by atoms with Crippen LogP contribution in [0.3, 0.4) is 0 Å². The van der Waals surface area contributed by atoms with Gasteiger partial charge in [0.05, 0.1) is 16.1 Å². The van der Waals surface area contributed by atoms with Crippen LogP contribution in [0.1, 0.15) is 22.7 Å². The largest absolute Gasteiger partial charge is 0.271 e. The highest BCUT2D eigenvalue weighted by atomic mass is 79.9. The third kappa shape index (κ3) is 3.96. The van der Waals surface area contributed by atoms with E-state index in [0.717, 1.165) is 22.0 Å². The molecule has 0 aliphatic carbocycles. The Bertz CT molecular complexity index is 597. The van der Waals surface area contributed by atoms with Crippen molar-refractivity contribution in [1.29, 1.82) is 0 Å². The Kier molecular flexibility index (Phi) is 5.47. The number of nitrogens with two attached hydrogens (primary N) is 1. The lowest BCUT2D eigenvalue weighted by molar-refractivity contribution is 0.551. The summed E-state index contributed by atoms with van der Waals surface area (Å²) in [5.41, 5.74) is 6.26. The lowest BCUT2D eigenvalue weighted by Gasteiger charge is -2.18. The molecule has 2 aromatic carbocycles. The minimum absolute atomic E-state index is 0.0171. The van der Waals surface area contributed by atoms with Crippen molar-refractivity contribution in [3.05, 3.63) is 67.6 Å². The summed E-state index contributed by atoms with van der Waals surface area (Å²) in [5.74, 6) is 5.70. The van der Waals surface area contributed by atoms with Crippen LogP contribution in [0, 0.1) is 6.92 Å². The Labute approximate surface area is 137 Å². The normalized spacial score (nSPS) is 12.4. The molecular formula is C15H15BrCl2N2. The van der Waals surface area contributed by atoms with E-state index in [0.29, 0.717) is 10.0 Å². The summed E-state index contributed by atoms with van der Waals surface area (Å²) in [6, 6.07) is 11.9. The highest BCUT2D eigenvalue weighted by Crippen LogP contribution is 2.27. The van der Waals surface area contributed by atoms with Crippen molar-refractivity contribution >= 4 is 39.1 Å². The van der Waals surface area contributed by atoms with Crippen molar-refractivity contribution in [3.63, 3.8) is 0 Å². The first kappa shape index (κ1) is 15.8. The van der Waals surface area contributed by atoms with Crippen molar-refractivity contribution in [2.45, 2.75) is 19.4 Å². The number of rotatable bonds is 4. The van der Waals surface area contributed by atoms with Gasteiger partial charge in [-0.25, -0.2) is 0 Å². The van der Waals surface area contributed by atoms with Gasteiger partial charge in [-0.2, -0.15) is 0 Å². The van der Waals surface area contributed by atoms with E-state index < -0.39 is 0 Å². The van der Waals surface area contributed by atoms with Crippen molar-refractivity contribution < 1.29 is 0 Å². The zero-order chi connectivity index (χ0) is 14.7. The van der Waals surface area contributed by atoms with Crippen LogP contribution in [0.15, 0.2) is 40.9 Å². The zero-order valence-electron chi connectivity index (χ0n) is 11.0. The van der Waals surface area contributed by atoms with Gasteiger partial charge in [-0.15, -0.1) is 0 Å². The van der Waals surface area contributed by atoms with Crippen molar-refractivity contribution in [1.82, 2.24) is 5.43 Å². The summed E-state index contributed by atoms with van der Waals surface area (Å²) in [7, 11) is 0. The monoisotopic (exact) mass is 372 g/mol. The molecule has 2 nitrogen and oxygen atoms in total. The maximum Gasteiger partial charge on any atom is 0.0595 e. The quantitative estimate of drug-likeness (QED) is 0.596. The minimum Gasteiger partial charge on any atom is -0.271 e. The molecule has 0 heterocycles. The van der Waals surface area contributed by atoms with E-state index in [1.807, 2.05) is 12.1 Å². The molecule has 0 spiro atoms. The first-order chi connectivity index (χ1) is 9.49. The van der Waals surface area contributed by atoms with Crippen LogP contribution in [0.5, 0.6) is 0 Å². The number of hydrogen-bond donors (Lipinski definition) is 2. The highest BCUT2D eigenvalue weighted by molar-refractivity contribution is 9.10. The standard InChI is InChI=1S/C15H15BrCl2N2/c1-9-4-11(8-12(16)5-9)15(20-19)7-10-2-3-13(17)14(18)6-10/h2-6,8,15,20H,7,19H2,1H3. The lowest BCUT2D eigenvalue weighted by Crippen LogP contribution is -2.29. The van der Waals surface area contributed by atoms with E-state index in [9.17, 15) is 0 Å². The van der Waals surface area contributed by atoms with Gasteiger partial charge in [-0.3, -0.25) is 11.3 Å². The fraction of sp³-hybridized carbons (Fsp3) is 0.200. The summed E-state index contributed by atoms with van der Waals surface area (Å²) in [6.07, 6.45) is 0.739. The van der Waals surface area contributed by atoms with E-state index in [1.54, 1.807) is 6.07 Å². The predicted molar refractivity (Wildman–Crippen MR) is 89.1 cm³/mol. The molecule has 0 saturated heterocycles. The molecular weight excluding hydrogens is 359 g/mol. The fourth-order valence-corrected chi connectivity index (χ4v) is 3.09. The second-order valence-corrected chi connectivity index (χ2v) is 6.46. The Morgan fingerprint density at radius 2 is 1.90 bits per heavy atom. The predicted octanol–water partition coefficient (Wildman–Crippen LogP) is 4.81. The van der Waals surface area contributed by atoms with E-state index >= 15 is 0 Å². The second kappa shape index (κ2) is 6.92. The van der Waals surface area contributed by atoms with Crippen LogP contribution in [-0.2, 0) is 6.42 Å².